The molecule has 0 aliphatic carbocycles. The Labute approximate surface area is 63.7 Å². The van der Waals surface area contributed by atoms with Crippen molar-refractivity contribution in [3.05, 3.63) is 23.5 Å². The first-order valence-corrected chi connectivity index (χ1v) is 4.52. The molecule has 0 atom stereocenters. The van der Waals surface area contributed by atoms with Gasteiger partial charge in [-0.1, -0.05) is 0 Å². The van der Waals surface area contributed by atoms with Crippen molar-refractivity contribution in [3.63, 3.8) is 0 Å². The molecule has 2 aromatic heterocycles. The van der Waals surface area contributed by atoms with Gasteiger partial charge >= 0.3 is 63.1 Å². The van der Waals surface area contributed by atoms with Crippen LogP contribution >= 0.6 is 0 Å². The summed E-state index contributed by atoms with van der Waals surface area (Å²) >= 11 is 0.215. The molecule has 0 fully saturated rings. The van der Waals surface area contributed by atoms with Gasteiger partial charge in [-0.05, 0) is 0 Å². The second-order valence-corrected chi connectivity index (χ2v) is 3.08. The van der Waals surface area contributed by atoms with Gasteiger partial charge in [-0.3, -0.25) is 0 Å². The molecule has 0 radical (unpaired) electrons. The summed E-state index contributed by atoms with van der Waals surface area (Å²) in [5.74, 6) is 0. The van der Waals surface area contributed by atoms with Crippen LogP contribution in [0, 0.1) is 0 Å². The number of nitrogens with zero attached hydrogens (tertiary/aromatic N) is 2. The van der Waals surface area contributed by atoms with Crippen molar-refractivity contribution in [1.82, 2.24) is 9.19 Å². The van der Waals surface area contributed by atoms with Crippen LogP contribution in [0.3, 0.4) is 0 Å². The molecule has 0 aliphatic heterocycles. The van der Waals surface area contributed by atoms with Crippen molar-refractivity contribution in [3.8, 4) is 11.3 Å². The van der Waals surface area contributed by atoms with E-state index in [1.54, 1.807) is 12.5 Å². The van der Waals surface area contributed by atoms with E-state index in [-0.39, 0.29) is 14.7 Å². The summed E-state index contributed by atoms with van der Waals surface area (Å²) in [6, 6.07) is 1.88. The fourth-order valence-electron chi connectivity index (χ4n) is 0.701. The third-order valence-corrected chi connectivity index (χ3v) is 2.24. The Balaban J connectivity index is 2.48. The van der Waals surface area contributed by atoms with Gasteiger partial charge in [-0.15, -0.1) is 0 Å². The molecule has 0 N–H and O–H groups in total. The summed E-state index contributed by atoms with van der Waals surface area (Å²) in [7, 11) is 0. The average molecular weight is 199 g/mol. The topological polar surface area (TPSA) is 38.9 Å². The fourth-order valence-corrected chi connectivity index (χ4v) is 1.68. The number of furan rings is 1. The molecule has 2 rings (SSSR count). The Morgan fingerprint density at radius 1 is 1.50 bits per heavy atom. The molecule has 50 valence electrons. The van der Waals surface area contributed by atoms with Crippen molar-refractivity contribution in [1.29, 1.82) is 0 Å². The van der Waals surface area contributed by atoms with Gasteiger partial charge in [0.05, 0.1) is 0 Å². The normalized spacial score (nSPS) is 10.0. The Morgan fingerprint density at radius 2 is 2.50 bits per heavy atom. The fraction of sp³-hybridized carbons (Fsp3) is 0. The van der Waals surface area contributed by atoms with Crippen molar-refractivity contribution >= 4 is 14.7 Å². The molecule has 10 heavy (non-hydrogen) atoms. The molecule has 2 aromatic rings. The van der Waals surface area contributed by atoms with Crippen LogP contribution < -0.4 is 0 Å². The summed E-state index contributed by atoms with van der Waals surface area (Å²) in [6.07, 6.45) is 3.31. The van der Waals surface area contributed by atoms with Crippen molar-refractivity contribution in [2.24, 2.45) is 0 Å². The van der Waals surface area contributed by atoms with Crippen LogP contribution in [-0.2, 0) is 0 Å². The molecule has 0 amide bonds. The van der Waals surface area contributed by atoms with Gasteiger partial charge in [0, 0.05) is 0 Å². The molecule has 0 saturated carbocycles. The Hall–Kier alpha value is -0.861. The molecule has 3 nitrogen and oxygen atoms in total. The van der Waals surface area contributed by atoms with E-state index in [4.69, 9.17) is 4.42 Å². The van der Waals surface area contributed by atoms with Crippen LogP contribution in [0.5, 0.6) is 0 Å². The third-order valence-electron chi connectivity index (χ3n) is 1.18. The average Bonchev–Trinajstić information content (AvgIpc) is 2.59. The number of hydrogen-bond acceptors (Lipinski definition) is 3. The molecular formula is C6H4N2OSe. The monoisotopic (exact) mass is 200 g/mol. The molecule has 0 bridgehead atoms. The van der Waals surface area contributed by atoms with Gasteiger partial charge in [0.2, 0.25) is 0 Å². The van der Waals surface area contributed by atoms with E-state index in [1.807, 2.05) is 11.0 Å². The number of hydrogen-bond donors (Lipinski definition) is 0. The van der Waals surface area contributed by atoms with Gasteiger partial charge in [-0.25, -0.2) is 0 Å². The summed E-state index contributed by atoms with van der Waals surface area (Å²) < 4.78 is 8.77. The molecule has 0 aromatic carbocycles. The predicted octanol–water partition coefficient (Wildman–Crippen LogP) is 0.794. The maximum atomic E-state index is 4.89. The van der Waals surface area contributed by atoms with E-state index in [0.717, 1.165) is 11.3 Å². The van der Waals surface area contributed by atoms with Crippen LogP contribution in [0.4, 0.5) is 0 Å². The Kier molecular flexibility index (Phi) is 1.42. The first kappa shape index (κ1) is 5.89. The zero-order valence-electron chi connectivity index (χ0n) is 5.02. The van der Waals surface area contributed by atoms with Crippen molar-refractivity contribution < 1.29 is 4.42 Å². The van der Waals surface area contributed by atoms with E-state index in [2.05, 4.69) is 9.19 Å². The summed E-state index contributed by atoms with van der Waals surface area (Å²) in [5.41, 5.74) is 1.96. The third kappa shape index (κ3) is 0.916. The Morgan fingerprint density at radius 3 is 3.10 bits per heavy atom. The number of aromatic nitrogens is 2. The quantitative estimate of drug-likeness (QED) is 0.637. The Bertz CT molecular complexity index is 255. The standard InChI is InChI=1S/C6H4N2OSe/c1-2-9-3-5(1)6-4-10-8-7-6/h1-4H. The summed E-state index contributed by atoms with van der Waals surface area (Å²) in [6.45, 7) is 0. The van der Waals surface area contributed by atoms with Gasteiger partial charge in [0.15, 0.2) is 0 Å². The van der Waals surface area contributed by atoms with Crippen LogP contribution in [0.1, 0.15) is 0 Å². The number of rotatable bonds is 1. The van der Waals surface area contributed by atoms with E-state index < -0.39 is 0 Å². The SMILES string of the molecule is c1cc(-c2c[se]nn2)co1. The summed E-state index contributed by atoms with van der Waals surface area (Å²) in [4.78, 5) is 2.03. The van der Waals surface area contributed by atoms with E-state index >= 15 is 0 Å². The van der Waals surface area contributed by atoms with Crippen LogP contribution in [0.2, 0.25) is 0 Å². The maximum absolute atomic E-state index is 4.89. The molecule has 0 aliphatic rings. The second kappa shape index (κ2) is 2.40. The zero-order chi connectivity index (χ0) is 6.81. The summed E-state index contributed by atoms with van der Waals surface area (Å²) in [5, 5.41) is 3.93. The zero-order valence-corrected chi connectivity index (χ0v) is 6.73. The second-order valence-electron chi connectivity index (χ2n) is 1.80. The van der Waals surface area contributed by atoms with Crippen LogP contribution in [0.25, 0.3) is 11.3 Å². The molecule has 2 heterocycles. The van der Waals surface area contributed by atoms with Crippen LogP contribution in [-0.4, -0.2) is 23.9 Å². The molecule has 0 unspecified atom stereocenters. The van der Waals surface area contributed by atoms with Gasteiger partial charge in [-0.2, -0.15) is 0 Å². The van der Waals surface area contributed by atoms with Crippen LogP contribution in [0.15, 0.2) is 28.0 Å². The van der Waals surface area contributed by atoms with E-state index in [1.165, 1.54) is 0 Å². The molecule has 4 heteroatoms. The van der Waals surface area contributed by atoms with Gasteiger partial charge < -0.3 is 0 Å². The van der Waals surface area contributed by atoms with E-state index in [0.29, 0.717) is 0 Å². The first-order valence-electron chi connectivity index (χ1n) is 2.76. The molecule has 0 saturated heterocycles. The molecular weight excluding hydrogens is 195 g/mol. The van der Waals surface area contributed by atoms with Gasteiger partial charge in [0.25, 0.3) is 0 Å². The van der Waals surface area contributed by atoms with Crippen molar-refractivity contribution in [2.75, 3.05) is 0 Å². The minimum atomic E-state index is 0.215. The minimum absolute atomic E-state index is 0.215. The molecule has 0 spiro atoms. The van der Waals surface area contributed by atoms with Crippen molar-refractivity contribution in [2.45, 2.75) is 0 Å². The van der Waals surface area contributed by atoms with E-state index in [9.17, 15) is 0 Å². The first-order chi connectivity index (χ1) is 4.97. The predicted molar refractivity (Wildman–Crippen MR) is 36.7 cm³/mol. The van der Waals surface area contributed by atoms with Gasteiger partial charge in [0.1, 0.15) is 0 Å².